The van der Waals surface area contributed by atoms with Crippen LogP contribution in [-0.4, -0.2) is 0 Å². The summed E-state index contributed by atoms with van der Waals surface area (Å²) in [5.74, 6) is 0.161. The predicted octanol–water partition coefficient (Wildman–Crippen LogP) is 15.7. The van der Waals surface area contributed by atoms with Gasteiger partial charge in [0, 0.05) is 27.6 Å². The van der Waals surface area contributed by atoms with Crippen molar-refractivity contribution in [2.45, 2.75) is 25.2 Å². The molecule has 0 aliphatic heterocycles. The number of hydrogen-bond acceptors (Lipinski definition) is 2. The van der Waals surface area contributed by atoms with Crippen molar-refractivity contribution in [1.29, 1.82) is 0 Å². The van der Waals surface area contributed by atoms with Crippen molar-refractivity contribution < 1.29 is 0 Å². The molecule has 0 saturated carbocycles. The Bertz CT molecular complexity index is 2820. The van der Waals surface area contributed by atoms with Gasteiger partial charge < -0.3 is 4.90 Å². The zero-order valence-corrected chi connectivity index (χ0v) is 33.5. The number of anilines is 3. The van der Waals surface area contributed by atoms with Gasteiger partial charge in [0.15, 0.2) is 0 Å². The summed E-state index contributed by atoms with van der Waals surface area (Å²) in [5, 5.41) is 1.18. The summed E-state index contributed by atoms with van der Waals surface area (Å²) in [7, 11) is 0. The minimum Gasteiger partial charge on any atom is -0.302 e. The van der Waals surface area contributed by atoms with Gasteiger partial charge in [-0.05, 0) is 115 Å². The fourth-order valence-corrected chi connectivity index (χ4v) is 9.90. The molecule has 1 nitrogen and oxygen atoms in total. The van der Waals surface area contributed by atoms with Gasteiger partial charge >= 0.3 is 0 Å². The zero-order valence-electron chi connectivity index (χ0n) is 32.7. The third-order valence-electron chi connectivity index (χ3n) is 11.9. The second-order valence-corrected chi connectivity index (χ2v) is 16.8. The molecular weight excluding hydrogens is 719 g/mol. The summed E-state index contributed by atoms with van der Waals surface area (Å²) in [6.07, 6.45) is 0. The van der Waals surface area contributed by atoms with Crippen LogP contribution in [0.3, 0.4) is 0 Å². The molecular formula is C56H43NS. The Hall–Kier alpha value is -6.74. The topological polar surface area (TPSA) is 3.24 Å². The number of benzene rings is 8. The summed E-state index contributed by atoms with van der Waals surface area (Å²) in [6.45, 7) is 4.80. The van der Waals surface area contributed by atoms with Crippen LogP contribution in [0.25, 0.3) is 43.8 Å². The fraction of sp³-hybridized carbons (Fsp3) is 0.0714. The van der Waals surface area contributed by atoms with Crippen LogP contribution in [0.15, 0.2) is 218 Å². The predicted molar refractivity (Wildman–Crippen MR) is 247 cm³/mol. The molecule has 1 heterocycles. The highest BCUT2D eigenvalue weighted by Gasteiger charge is 2.38. The quantitative estimate of drug-likeness (QED) is 0.149. The average molecular weight is 762 g/mol. The van der Waals surface area contributed by atoms with Crippen molar-refractivity contribution in [3.05, 3.63) is 246 Å². The SMILES string of the molecule is CC1(C)c2cc(-c3ccccc3)ccc2C(c2ccccc2)c2ccc(-c3ccc(N(c4ccc(-c5ccccc5)cc4)c4ccc(-c5ccccc5)s4)cc3)cc21. The number of nitrogens with zero attached hydrogens (tertiary/aromatic N) is 1. The van der Waals surface area contributed by atoms with E-state index in [2.05, 4.69) is 237 Å². The monoisotopic (exact) mass is 761 g/mol. The molecule has 8 aromatic carbocycles. The maximum atomic E-state index is 2.46. The molecule has 0 bridgehead atoms. The Balaban J connectivity index is 1.04. The molecule has 1 aliphatic carbocycles. The van der Waals surface area contributed by atoms with Crippen LogP contribution in [0.2, 0.25) is 0 Å². The molecule has 278 valence electrons. The molecule has 1 aromatic heterocycles. The molecule has 58 heavy (non-hydrogen) atoms. The highest BCUT2D eigenvalue weighted by Crippen LogP contribution is 2.51. The van der Waals surface area contributed by atoms with E-state index in [0.29, 0.717) is 0 Å². The molecule has 10 rings (SSSR count). The Labute approximate surface area is 346 Å². The van der Waals surface area contributed by atoms with Crippen LogP contribution in [0.1, 0.15) is 47.6 Å². The molecule has 0 amide bonds. The lowest BCUT2D eigenvalue weighted by Gasteiger charge is -2.40. The van der Waals surface area contributed by atoms with Gasteiger partial charge in [-0.3, -0.25) is 0 Å². The summed E-state index contributed by atoms with van der Waals surface area (Å²) >= 11 is 1.82. The first-order valence-electron chi connectivity index (χ1n) is 20.1. The van der Waals surface area contributed by atoms with Crippen molar-refractivity contribution in [3.63, 3.8) is 0 Å². The Morgan fingerprint density at radius 1 is 0.379 bits per heavy atom. The lowest BCUT2D eigenvalue weighted by atomic mass is 9.63. The Morgan fingerprint density at radius 2 is 0.776 bits per heavy atom. The van der Waals surface area contributed by atoms with Gasteiger partial charge in [0.25, 0.3) is 0 Å². The zero-order chi connectivity index (χ0) is 39.1. The highest BCUT2D eigenvalue weighted by atomic mass is 32.1. The maximum absolute atomic E-state index is 2.46. The minimum absolute atomic E-state index is 0.161. The lowest BCUT2D eigenvalue weighted by molar-refractivity contribution is 0.598. The Morgan fingerprint density at radius 3 is 1.28 bits per heavy atom. The first-order chi connectivity index (χ1) is 28.5. The second kappa shape index (κ2) is 15.0. The van der Waals surface area contributed by atoms with E-state index in [4.69, 9.17) is 0 Å². The number of thiophene rings is 1. The summed E-state index contributed by atoms with van der Waals surface area (Å²) in [5.41, 5.74) is 17.5. The van der Waals surface area contributed by atoms with Crippen molar-refractivity contribution in [3.8, 4) is 43.8 Å². The van der Waals surface area contributed by atoms with E-state index in [9.17, 15) is 0 Å². The minimum atomic E-state index is -0.199. The van der Waals surface area contributed by atoms with Crippen molar-refractivity contribution in [2.24, 2.45) is 0 Å². The number of fused-ring (bicyclic) bond motifs is 2. The van der Waals surface area contributed by atoms with Crippen LogP contribution < -0.4 is 4.90 Å². The van der Waals surface area contributed by atoms with Crippen molar-refractivity contribution >= 4 is 27.7 Å². The van der Waals surface area contributed by atoms with Gasteiger partial charge in [0.2, 0.25) is 0 Å². The molecule has 9 aromatic rings. The van der Waals surface area contributed by atoms with E-state index in [1.54, 1.807) is 0 Å². The van der Waals surface area contributed by atoms with Crippen LogP contribution >= 0.6 is 11.3 Å². The lowest BCUT2D eigenvalue weighted by Crippen LogP contribution is -2.30. The van der Waals surface area contributed by atoms with E-state index >= 15 is 0 Å². The van der Waals surface area contributed by atoms with Gasteiger partial charge in [-0.2, -0.15) is 0 Å². The van der Waals surface area contributed by atoms with E-state index in [0.717, 1.165) is 11.4 Å². The first-order valence-corrected chi connectivity index (χ1v) is 20.9. The van der Waals surface area contributed by atoms with Crippen molar-refractivity contribution in [2.75, 3.05) is 4.90 Å². The highest BCUT2D eigenvalue weighted by molar-refractivity contribution is 7.19. The van der Waals surface area contributed by atoms with Gasteiger partial charge in [0.1, 0.15) is 5.00 Å². The smallest absolute Gasteiger partial charge is 0.101 e. The van der Waals surface area contributed by atoms with E-state index in [1.165, 1.54) is 76.6 Å². The average Bonchev–Trinajstić information content (AvgIpc) is 3.78. The molecule has 1 aliphatic rings. The van der Waals surface area contributed by atoms with E-state index in [-0.39, 0.29) is 11.3 Å². The largest absolute Gasteiger partial charge is 0.302 e. The van der Waals surface area contributed by atoms with Gasteiger partial charge in [-0.25, -0.2) is 0 Å². The van der Waals surface area contributed by atoms with Crippen LogP contribution in [0.5, 0.6) is 0 Å². The van der Waals surface area contributed by atoms with Crippen LogP contribution in [0, 0.1) is 0 Å². The number of hydrogen-bond donors (Lipinski definition) is 0. The Kier molecular flexibility index (Phi) is 9.20. The molecule has 0 spiro atoms. The normalized spacial score (nSPS) is 14.0. The molecule has 0 N–H and O–H groups in total. The number of rotatable bonds is 8. The first kappa shape index (κ1) is 35.7. The molecule has 0 fully saturated rings. The standard InChI is InChI=1S/C56H43NS/c1-56(2)51-37-45(40-17-9-4-10-18-40)27-33-49(51)55(44-21-13-6-14-22-44)50-34-28-46(38-52(50)56)42-25-31-48(32-26-42)57(54-36-35-53(58-54)43-19-11-5-12-20-43)47-29-23-41(24-30-47)39-15-7-3-8-16-39/h3-38,55H,1-2H3. The molecule has 0 radical (unpaired) electrons. The molecule has 1 unspecified atom stereocenters. The van der Waals surface area contributed by atoms with E-state index < -0.39 is 0 Å². The van der Waals surface area contributed by atoms with Gasteiger partial charge in [0.05, 0.1) is 0 Å². The van der Waals surface area contributed by atoms with Gasteiger partial charge in [-0.1, -0.05) is 184 Å². The van der Waals surface area contributed by atoms with Crippen LogP contribution in [0.4, 0.5) is 16.4 Å². The third-order valence-corrected chi connectivity index (χ3v) is 13.0. The summed E-state index contributed by atoms with van der Waals surface area (Å²) in [6, 6.07) is 80.0. The maximum Gasteiger partial charge on any atom is 0.101 e. The molecule has 2 heteroatoms. The molecule has 1 atom stereocenters. The third kappa shape index (κ3) is 6.56. The second-order valence-electron chi connectivity index (χ2n) is 15.7. The molecule has 0 saturated heterocycles. The van der Waals surface area contributed by atoms with Gasteiger partial charge in [-0.15, -0.1) is 11.3 Å². The van der Waals surface area contributed by atoms with Crippen LogP contribution in [-0.2, 0) is 5.41 Å². The summed E-state index contributed by atoms with van der Waals surface area (Å²) < 4.78 is 0. The fourth-order valence-electron chi connectivity index (χ4n) is 8.85. The van der Waals surface area contributed by atoms with E-state index in [1.807, 2.05) is 11.3 Å². The summed E-state index contributed by atoms with van der Waals surface area (Å²) in [4.78, 5) is 3.64. The van der Waals surface area contributed by atoms with Crippen molar-refractivity contribution in [1.82, 2.24) is 0 Å².